The van der Waals surface area contributed by atoms with Gasteiger partial charge in [-0.05, 0) is 18.1 Å². The predicted molar refractivity (Wildman–Crippen MR) is 68.3 cm³/mol. The van der Waals surface area contributed by atoms with Gasteiger partial charge in [0, 0.05) is 24.7 Å². The highest BCUT2D eigenvalue weighted by atomic mass is 32.1. The van der Waals surface area contributed by atoms with Crippen molar-refractivity contribution in [2.24, 2.45) is 11.7 Å². The van der Waals surface area contributed by atoms with Crippen LogP contribution < -0.4 is 10.6 Å². The minimum Gasteiger partial charge on any atom is -0.393 e. The lowest BCUT2D eigenvalue weighted by molar-refractivity contribution is 0.712. The summed E-state index contributed by atoms with van der Waals surface area (Å²) in [4.78, 5) is 2.98. The van der Waals surface area contributed by atoms with E-state index in [2.05, 4.69) is 36.1 Å². The molecule has 0 saturated carbocycles. The van der Waals surface area contributed by atoms with Gasteiger partial charge in [-0.1, -0.05) is 37.3 Å². The minimum absolute atomic E-state index is 0.283. The van der Waals surface area contributed by atoms with E-state index < -0.39 is 0 Å². The van der Waals surface area contributed by atoms with Gasteiger partial charge in [-0.3, -0.25) is 0 Å². The molecule has 0 radical (unpaired) electrons. The first-order valence-corrected chi connectivity index (χ1v) is 5.71. The minimum atomic E-state index is 0.283. The zero-order chi connectivity index (χ0) is 10.8. The third-order valence-corrected chi connectivity index (χ3v) is 3.37. The Kier molecular flexibility index (Phi) is 2.91. The Labute approximate surface area is 96.1 Å². The van der Waals surface area contributed by atoms with E-state index in [-0.39, 0.29) is 5.92 Å². The first-order chi connectivity index (χ1) is 7.18. The molecule has 3 heteroatoms. The van der Waals surface area contributed by atoms with Crippen LogP contribution in [0.2, 0.25) is 0 Å². The number of thiocarbonyl (C=S) groups is 1. The summed E-state index contributed by atoms with van der Waals surface area (Å²) in [6.07, 6.45) is 1.14. The normalized spacial score (nSPS) is 16.2. The molecule has 0 amide bonds. The zero-order valence-electron chi connectivity index (χ0n) is 8.94. The molecule has 1 aliphatic heterocycles. The second-order valence-corrected chi connectivity index (χ2v) is 4.60. The van der Waals surface area contributed by atoms with Crippen LogP contribution in [0.25, 0.3) is 0 Å². The van der Waals surface area contributed by atoms with E-state index >= 15 is 0 Å². The van der Waals surface area contributed by atoms with Crippen molar-refractivity contribution in [1.29, 1.82) is 0 Å². The number of hydrogen-bond acceptors (Lipinski definition) is 2. The molecule has 2 nitrogen and oxygen atoms in total. The fourth-order valence-corrected chi connectivity index (χ4v) is 2.09. The second-order valence-electron chi connectivity index (χ2n) is 4.13. The number of rotatable bonds is 3. The zero-order valence-corrected chi connectivity index (χ0v) is 9.76. The van der Waals surface area contributed by atoms with Gasteiger partial charge in [0.05, 0.1) is 4.99 Å². The van der Waals surface area contributed by atoms with E-state index in [1.54, 1.807) is 0 Å². The van der Waals surface area contributed by atoms with Crippen molar-refractivity contribution in [2.45, 2.75) is 13.3 Å². The predicted octanol–water partition coefficient (Wildman–Crippen LogP) is 1.97. The van der Waals surface area contributed by atoms with Gasteiger partial charge in [0.1, 0.15) is 0 Å². The molecule has 80 valence electrons. The van der Waals surface area contributed by atoms with Gasteiger partial charge in [-0.15, -0.1) is 0 Å². The third-order valence-electron chi connectivity index (χ3n) is 2.96. The summed E-state index contributed by atoms with van der Waals surface area (Å²) in [6.45, 7) is 4.11. The van der Waals surface area contributed by atoms with Crippen LogP contribution in [0.1, 0.15) is 12.5 Å². The van der Waals surface area contributed by atoms with Crippen LogP contribution >= 0.6 is 12.2 Å². The Bertz CT molecular complexity index is 376. The van der Waals surface area contributed by atoms with Crippen LogP contribution in [-0.2, 0) is 6.42 Å². The van der Waals surface area contributed by atoms with Crippen molar-refractivity contribution < 1.29 is 0 Å². The largest absolute Gasteiger partial charge is 0.393 e. The summed E-state index contributed by atoms with van der Waals surface area (Å²) >= 11 is 5.00. The standard InChI is InChI=1S/C12H16N2S/c1-9(12(13)15)8-14-7-6-10-4-2-3-5-11(10)14/h2-5,9H,6-8H2,1H3,(H2,13,15). The molecule has 1 atom stereocenters. The molecule has 0 spiro atoms. The van der Waals surface area contributed by atoms with Crippen molar-refractivity contribution in [3.05, 3.63) is 29.8 Å². The highest BCUT2D eigenvalue weighted by Gasteiger charge is 2.20. The molecule has 1 aliphatic rings. The molecule has 0 fully saturated rings. The van der Waals surface area contributed by atoms with Crippen LogP contribution in [0.3, 0.4) is 0 Å². The quantitative estimate of drug-likeness (QED) is 0.790. The molecule has 0 aliphatic carbocycles. The number of benzene rings is 1. The van der Waals surface area contributed by atoms with Crippen LogP contribution in [0, 0.1) is 5.92 Å². The maximum absolute atomic E-state index is 5.64. The number of nitrogens with two attached hydrogens (primary N) is 1. The molecule has 1 heterocycles. The number of para-hydroxylation sites is 1. The van der Waals surface area contributed by atoms with Gasteiger partial charge in [0.2, 0.25) is 0 Å². The molecule has 2 rings (SSSR count). The Balaban J connectivity index is 2.11. The molecule has 0 saturated heterocycles. The lowest BCUT2D eigenvalue weighted by Crippen LogP contribution is -2.32. The van der Waals surface area contributed by atoms with Crippen LogP contribution in [0.15, 0.2) is 24.3 Å². The smallest absolute Gasteiger partial charge is 0.0773 e. The molecular formula is C12H16N2S. The molecule has 0 aromatic heterocycles. The number of hydrogen-bond donors (Lipinski definition) is 1. The van der Waals surface area contributed by atoms with Crippen LogP contribution in [0.4, 0.5) is 5.69 Å². The lowest BCUT2D eigenvalue weighted by atomic mass is 10.1. The van der Waals surface area contributed by atoms with Crippen LogP contribution in [0.5, 0.6) is 0 Å². The van der Waals surface area contributed by atoms with Crippen molar-refractivity contribution in [1.82, 2.24) is 0 Å². The summed E-state index contributed by atoms with van der Waals surface area (Å²) in [5.41, 5.74) is 8.42. The van der Waals surface area contributed by atoms with Crippen molar-refractivity contribution in [2.75, 3.05) is 18.0 Å². The highest BCUT2D eigenvalue weighted by molar-refractivity contribution is 7.80. The maximum Gasteiger partial charge on any atom is 0.0773 e. The van der Waals surface area contributed by atoms with Gasteiger partial charge < -0.3 is 10.6 Å². The molecular weight excluding hydrogens is 204 g/mol. The Morgan fingerprint density at radius 1 is 1.53 bits per heavy atom. The van der Waals surface area contributed by atoms with E-state index in [1.807, 2.05) is 0 Å². The molecule has 15 heavy (non-hydrogen) atoms. The van der Waals surface area contributed by atoms with Gasteiger partial charge in [0.15, 0.2) is 0 Å². The fourth-order valence-electron chi connectivity index (χ4n) is 2.02. The highest BCUT2D eigenvalue weighted by Crippen LogP contribution is 2.27. The molecule has 1 unspecified atom stereocenters. The first-order valence-electron chi connectivity index (χ1n) is 5.30. The van der Waals surface area contributed by atoms with E-state index in [0.29, 0.717) is 4.99 Å². The lowest BCUT2D eigenvalue weighted by Gasteiger charge is -2.22. The molecule has 2 N–H and O–H groups in total. The fraction of sp³-hybridized carbons (Fsp3) is 0.417. The van der Waals surface area contributed by atoms with Crippen molar-refractivity contribution in [3.63, 3.8) is 0 Å². The maximum atomic E-state index is 5.64. The first kappa shape index (κ1) is 10.4. The van der Waals surface area contributed by atoms with Crippen molar-refractivity contribution >= 4 is 22.9 Å². The summed E-state index contributed by atoms with van der Waals surface area (Å²) in [6, 6.07) is 8.55. The van der Waals surface area contributed by atoms with E-state index in [4.69, 9.17) is 18.0 Å². The SMILES string of the molecule is CC(CN1CCc2ccccc21)C(N)=S. The second kappa shape index (κ2) is 4.19. The van der Waals surface area contributed by atoms with E-state index in [9.17, 15) is 0 Å². The summed E-state index contributed by atoms with van der Waals surface area (Å²) in [7, 11) is 0. The average molecular weight is 220 g/mol. The van der Waals surface area contributed by atoms with Gasteiger partial charge in [-0.2, -0.15) is 0 Å². The molecule has 1 aromatic rings. The van der Waals surface area contributed by atoms with Crippen molar-refractivity contribution in [3.8, 4) is 0 Å². The van der Waals surface area contributed by atoms with Gasteiger partial charge in [0.25, 0.3) is 0 Å². The summed E-state index contributed by atoms with van der Waals surface area (Å²) < 4.78 is 0. The molecule has 0 bridgehead atoms. The molecule has 1 aromatic carbocycles. The van der Waals surface area contributed by atoms with E-state index in [0.717, 1.165) is 19.5 Å². The van der Waals surface area contributed by atoms with Crippen LogP contribution in [-0.4, -0.2) is 18.1 Å². The average Bonchev–Trinajstić information content (AvgIpc) is 2.62. The van der Waals surface area contributed by atoms with E-state index in [1.165, 1.54) is 11.3 Å². The Morgan fingerprint density at radius 2 is 2.27 bits per heavy atom. The topological polar surface area (TPSA) is 29.3 Å². The Morgan fingerprint density at radius 3 is 3.00 bits per heavy atom. The monoisotopic (exact) mass is 220 g/mol. The number of nitrogens with zero attached hydrogens (tertiary/aromatic N) is 1. The third kappa shape index (κ3) is 2.12. The number of anilines is 1. The van der Waals surface area contributed by atoms with Gasteiger partial charge in [-0.25, -0.2) is 0 Å². The summed E-state index contributed by atoms with van der Waals surface area (Å²) in [5, 5.41) is 0. The Hall–Kier alpha value is -1.09. The van der Waals surface area contributed by atoms with Gasteiger partial charge >= 0.3 is 0 Å². The summed E-state index contributed by atoms with van der Waals surface area (Å²) in [5.74, 6) is 0.283. The number of fused-ring (bicyclic) bond motifs is 1.